The van der Waals surface area contributed by atoms with E-state index in [2.05, 4.69) is 20.8 Å². The van der Waals surface area contributed by atoms with Crippen LogP contribution in [0.25, 0.3) is 0 Å². The van der Waals surface area contributed by atoms with E-state index in [1.807, 2.05) is 0 Å². The number of halogens is 1. The summed E-state index contributed by atoms with van der Waals surface area (Å²) in [5.41, 5.74) is 0.590. The van der Waals surface area contributed by atoms with Crippen LogP contribution in [-0.4, -0.2) is 88.1 Å². The molecule has 14 nitrogen and oxygen atoms in total. The lowest BCUT2D eigenvalue weighted by Gasteiger charge is -2.30. The molecule has 2 aromatic heterocycles. The largest absolute Gasteiger partial charge is 0.460 e. The predicted molar refractivity (Wildman–Crippen MR) is 169 cm³/mol. The Morgan fingerprint density at radius 2 is 2.06 bits per heavy atom. The fourth-order valence-corrected chi connectivity index (χ4v) is 5.50. The van der Waals surface area contributed by atoms with Crippen molar-refractivity contribution in [3.8, 4) is 0 Å². The molecule has 3 amide bonds. The van der Waals surface area contributed by atoms with Crippen LogP contribution < -0.4 is 10.6 Å². The van der Waals surface area contributed by atoms with Crippen molar-refractivity contribution in [3.63, 3.8) is 0 Å². The molecule has 0 radical (unpaired) electrons. The van der Waals surface area contributed by atoms with Crippen molar-refractivity contribution in [3.05, 3.63) is 65.6 Å². The maximum absolute atomic E-state index is 14.8. The first kappa shape index (κ1) is 36.1. The molecule has 2 aromatic rings. The Morgan fingerprint density at radius 3 is 2.81 bits per heavy atom. The van der Waals surface area contributed by atoms with E-state index in [0.717, 1.165) is 6.26 Å². The first-order chi connectivity index (χ1) is 22.9. The number of carbonyl (C=O) groups excluding carboxylic acids is 4. The molecule has 0 aromatic carbocycles. The zero-order valence-corrected chi connectivity index (χ0v) is 27.4. The topological polar surface area (TPSA) is 186 Å². The molecule has 0 unspecified atom stereocenters. The molecule has 0 saturated carbocycles. The Bertz CT molecular complexity index is 1530. The van der Waals surface area contributed by atoms with Gasteiger partial charge in [0.05, 0.1) is 19.1 Å². The first-order valence-electron chi connectivity index (χ1n) is 15.9. The highest BCUT2D eigenvalue weighted by atomic mass is 19.1. The number of esters is 1. The molecule has 0 spiro atoms. The highest BCUT2D eigenvalue weighted by Crippen LogP contribution is 2.26. The maximum atomic E-state index is 14.8. The number of aliphatic hydroxyl groups is 1. The molecule has 4 heterocycles. The van der Waals surface area contributed by atoms with E-state index in [4.69, 9.17) is 18.4 Å². The number of aliphatic hydroxyl groups excluding tert-OH is 1. The molecule has 15 heteroatoms. The van der Waals surface area contributed by atoms with E-state index < -0.39 is 60.1 Å². The Hall–Kier alpha value is -4.79. The summed E-state index contributed by atoms with van der Waals surface area (Å²) in [5, 5.41) is 19.2. The number of nitrogens with one attached hydrogen (secondary N) is 2. The lowest BCUT2D eigenvalue weighted by Crippen LogP contribution is -2.44. The van der Waals surface area contributed by atoms with Gasteiger partial charge in [-0.15, -0.1) is 0 Å². The van der Waals surface area contributed by atoms with E-state index in [1.54, 1.807) is 45.9 Å². The molecule has 2 aliphatic rings. The molecular formula is C33H42FN5O9. The van der Waals surface area contributed by atoms with Gasteiger partial charge >= 0.3 is 12.1 Å². The number of fused-ring (bicyclic) bond motifs is 3. The van der Waals surface area contributed by atoms with Gasteiger partial charge in [-0.2, -0.15) is 0 Å². The number of hydrogen-bond acceptors (Lipinski definition) is 11. The molecular weight excluding hydrogens is 629 g/mol. The number of hydrogen-bond donors (Lipinski definition) is 3. The van der Waals surface area contributed by atoms with Crippen molar-refractivity contribution in [2.75, 3.05) is 25.0 Å². The van der Waals surface area contributed by atoms with E-state index in [-0.39, 0.29) is 49.9 Å². The number of aryl methyl sites for hydroxylation is 1. The van der Waals surface area contributed by atoms with Crippen LogP contribution >= 0.6 is 0 Å². The van der Waals surface area contributed by atoms with Gasteiger partial charge in [0.1, 0.15) is 30.3 Å². The highest BCUT2D eigenvalue weighted by molar-refractivity contribution is 5.95. The van der Waals surface area contributed by atoms with E-state index in [0.29, 0.717) is 24.2 Å². The smallest absolute Gasteiger partial charge is 0.412 e. The van der Waals surface area contributed by atoms with Gasteiger partial charge in [0.15, 0.2) is 17.4 Å². The van der Waals surface area contributed by atoms with Gasteiger partial charge in [0.2, 0.25) is 5.91 Å². The number of cyclic esters (lactones) is 1. The number of allylic oxidation sites excluding steroid dienone is 2. The highest BCUT2D eigenvalue weighted by Gasteiger charge is 2.39. The lowest BCUT2D eigenvalue weighted by atomic mass is 9.93. The van der Waals surface area contributed by atoms with Gasteiger partial charge in [-0.1, -0.05) is 48.9 Å². The average molecular weight is 672 g/mol. The van der Waals surface area contributed by atoms with Crippen LogP contribution in [-0.2, 0) is 25.5 Å². The Kier molecular flexibility index (Phi) is 12.7. The number of oxazole rings is 1. The normalized spacial score (nSPS) is 26.1. The monoisotopic (exact) mass is 671 g/mol. The summed E-state index contributed by atoms with van der Waals surface area (Å²) in [6.45, 7) is 7.19. The summed E-state index contributed by atoms with van der Waals surface area (Å²) >= 11 is 0. The fraction of sp³-hybridized carbons (Fsp3) is 0.515. The van der Waals surface area contributed by atoms with Crippen LogP contribution in [0.3, 0.4) is 0 Å². The minimum Gasteiger partial charge on any atom is -0.460 e. The van der Waals surface area contributed by atoms with Crippen LogP contribution in [0, 0.1) is 18.8 Å². The standard InChI is InChI=1S/C33H42FN5O9/c1-19-7-5-11-35-28(41)10-9-20(2)30(21(3)17-46-33(44)37-27-14-22(4)48-38-27)47-32(43)26-8-6-12-39(26)31(42)25-18-45-29(36-25)16-23(34)15-24(40)13-19/h5,7,9-10,13-14,18,20-21,23-24,26,30,40H,6,8,11-12,15-17H2,1-4H3,(H,35,41)(H,37,38,44)/b7-5?,10-9+,19-13?/t20-,21-,23-,24-,26-,30+/m1/s1. The first-order valence-corrected chi connectivity index (χ1v) is 15.9. The summed E-state index contributed by atoms with van der Waals surface area (Å²) in [5.74, 6) is -2.03. The van der Waals surface area contributed by atoms with Crippen molar-refractivity contribution in [2.45, 2.75) is 77.8 Å². The van der Waals surface area contributed by atoms with Crippen molar-refractivity contribution >= 4 is 29.7 Å². The Labute approximate surface area is 277 Å². The molecule has 2 aliphatic heterocycles. The number of carbonyl (C=O) groups is 4. The summed E-state index contributed by atoms with van der Waals surface area (Å²) in [4.78, 5) is 57.5. The number of anilines is 1. The van der Waals surface area contributed by atoms with Gasteiger partial charge in [-0.3, -0.25) is 14.9 Å². The zero-order chi connectivity index (χ0) is 34.8. The summed E-state index contributed by atoms with van der Waals surface area (Å²) in [6, 6.07) is 0.590. The number of rotatable bonds is 4. The van der Waals surface area contributed by atoms with Crippen molar-refractivity contribution < 1.29 is 47.1 Å². The van der Waals surface area contributed by atoms with E-state index in [1.165, 1.54) is 23.1 Å². The summed E-state index contributed by atoms with van der Waals surface area (Å²) < 4.78 is 36.4. The van der Waals surface area contributed by atoms with Crippen LogP contribution in [0.15, 0.2) is 57.2 Å². The van der Waals surface area contributed by atoms with Crippen LogP contribution in [0.1, 0.15) is 62.2 Å². The lowest BCUT2D eigenvalue weighted by molar-refractivity contribution is -0.159. The van der Waals surface area contributed by atoms with Crippen LogP contribution in [0.2, 0.25) is 0 Å². The van der Waals surface area contributed by atoms with E-state index >= 15 is 0 Å². The van der Waals surface area contributed by atoms with Gasteiger partial charge in [-0.05, 0) is 32.8 Å². The van der Waals surface area contributed by atoms with Gasteiger partial charge < -0.3 is 33.7 Å². The number of nitrogens with zero attached hydrogens (tertiary/aromatic N) is 3. The molecule has 6 atom stereocenters. The van der Waals surface area contributed by atoms with Crippen LogP contribution in [0.5, 0.6) is 0 Å². The van der Waals surface area contributed by atoms with E-state index in [9.17, 15) is 28.7 Å². The predicted octanol–water partition coefficient (Wildman–Crippen LogP) is 3.83. The summed E-state index contributed by atoms with van der Waals surface area (Å²) in [7, 11) is 0. The number of alkyl halides is 1. The Morgan fingerprint density at radius 1 is 1.27 bits per heavy atom. The van der Waals surface area contributed by atoms with Crippen molar-refractivity contribution in [1.29, 1.82) is 0 Å². The second kappa shape index (κ2) is 16.9. The average Bonchev–Trinajstić information content (AvgIpc) is 3.80. The van der Waals surface area contributed by atoms with Crippen molar-refractivity contribution in [2.24, 2.45) is 11.8 Å². The molecule has 48 heavy (non-hydrogen) atoms. The Balaban J connectivity index is 1.54. The van der Waals surface area contributed by atoms with Crippen molar-refractivity contribution in [1.82, 2.24) is 20.4 Å². The number of amides is 3. The molecule has 3 N–H and O–H groups in total. The molecule has 1 fully saturated rings. The minimum atomic E-state index is -1.50. The minimum absolute atomic E-state index is 0.0108. The third-order valence-corrected chi connectivity index (χ3v) is 7.90. The third kappa shape index (κ3) is 10.4. The third-order valence-electron chi connectivity index (χ3n) is 7.90. The quantitative estimate of drug-likeness (QED) is 0.401. The number of ether oxygens (including phenoxy) is 2. The second-order valence-corrected chi connectivity index (χ2v) is 12.1. The number of aromatic nitrogens is 2. The molecule has 2 bridgehead atoms. The van der Waals surface area contributed by atoms with Gasteiger partial charge in [-0.25, -0.2) is 19.0 Å². The molecule has 4 rings (SSSR count). The van der Waals surface area contributed by atoms with Gasteiger partial charge in [0.25, 0.3) is 5.91 Å². The summed E-state index contributed by atoms with van der Waals surface area (Å²) in [6.07, 6.45) is 5.08. The zero-order valence-electron chi connectivity index (χ0n) is 27.4. The molecule has 0 aliphatic carbocycles. The maximum Gasteiger partial charge on any atom is 0.412 e. The second-order valence-electron chi connectivity index (χ2n) is 12.1. The van der Waals surface area contributed by atoms with Gasteiger partial charge in [0, 0.05) is 37.4 Å². The van der Waals surface area contributed by atoms with Crippen LogP contribution in [0.4, 0.5) is 15.0 Å². The fourth-order valence-electron chi connectivity index (χ4n) is 5.50. The molecule has 260 valence electrons. The molecule has 1 saturated heterocycles. The SMILES string of the molecule is CC1=C[C@@H](O)C[C@@H](F)Cc2nc(co2)C(=O)N2CCC[C@@H]2C(=O)O[C@H]([C@H](C)COC(=O)Nc2cc(C)on2)[C@H](C)/C=C/C(=O)NCC=C1.